The number of ether oxygens (including phenoxy) is 1. The fraction of sp³-hybridized carbons (Fsp3) is 0.320. The van der Waals surface area contributed by atoms with Gasteiger partial charge in [0.15, 0.2) is 0 Å². The maximum Gasteiger partial charge on any atom is 0.335 e. The van der Waals surface area contributed by atoms with E-state index in [-0.39, 0.29) is 17.0 Å². The molecular weight excluding hydrogens is 410 g/mol. The molecule has 0 aliphatic carbocycles. The van der Waals surface area contributed by atoms with E-state index >= 15 is 0 Å². The molecule has 2 aromatic rings. The van der Waals surface area contributed by atoms with Crippen molar-refractivity contribution in [3.8, 4) is 12.3 Å². The summed E-state index contributed by atoms with van der Waals surface area (Å²) in [6, 6.07) is 12.7. The van der Waals surface area contributed by atoms with Gasteiger partial charge in [-0.1, -0.05) is 60.0 Å². The molecule has 0 radical (unpaired) electrons. The second-order valence-electron chi connectivity index (χ2n) is 8.41. The first kappa shape index (κ1) is 24.4. The monoisotopic (exact) mass is 439 g/mol. The van der Waals surface area contributed by atoms with Gasteiger partial charge in [0.1, 0.15) is 5.60 Å². The quantitative estimate of drug-likeness (QED) is 0.360. The van der Waals surface area contributed by atoms with Gasteiger partial charge in [-0.15, -0.1) is 6.42 Å². The first-order chi connectivity index (χ1) is 14.4. The molecule has 1 unspecified atom stereocenters. The molecule has 0 fully saturated rings. The normalized spacial score (nSPS) is 12.8. The van der Waals surface area contributed by atoms with Crippen LogP contribution in [-0.2, 0) is 19.6 Å². The number of rotatable bonds is 7. The molecule has 0 amide bonds. The van der Waals surface area contributed by atoms with Crippen LogP contribution >= 0.6 is 0 Å². The van der Waals surface area contributed by atoms with Crippen molar-refractivity contribution in [1.82, 2.24) is 4.31 Å². The molecule has 0 aliphatic rings. The van der Waals surface area contributed by atoms with E-state index in [1.807, 2.05) is 26.0 Å². The van der Waals surface area contributed by atoms with Gasteiger partial charge in [-0.2, -0.15) is 4.31 Å². The lowest BCUT2D eigenvalue weighted by atomic mass is 9.98. The number of terminal acetylenes is 1. The second kappa shape index (κ2) is 9.51. The predicted molar refractivity (Wildman–Crippen MR) is 123 cm³/mol. The molecule has 0 N–H and O–H groups in total. The largest absolute Gasteiger partial charge is 0.457 e. The number of nitrogens with zero attached hydrogens (tertiary/aromatic N) is 1. The summed E-state index contributed by atoms with van der Waals surface area (Å²) >= 11 is 0. The summed E-state index contributed by atoms with van der Waals surface area (Å²) in [4.78, 5) is 12.9. The number of aryl methyl sites for hydroxylation is 2. The number of carbonyl (C=O) groups excluding carboxylic acids is 1. The molecule has 0 saturated heterocycles. The minimum atomic E-state index is -4.04. The maximum absolute atomic E-state index is 13.6. The number of sulfonamides is 1. The lowest BCUT2D eigenvalue weighted by Gasteiger charge is -2.32. The van der Waals surface area contributed by atoms with Crippen LogP contribution < -0.4 is 0 Å². The SMILES string of the molecule is C#CCN(C(C(=C)C(=O)OC(C)(C)C)c1ccc(C)cc1)S(=O)(=O)c1ccc(C)cc1. The second-order valence-corrected chi connectivity index (χ2v) is 10.3. The van der Waals surface area contributed by atoms with Crippen LogP contribution in [0.3, 0.4) is 0 Å². The first-order valence-corrected chi connectivity index (χ1v) is 11.3. The average molecular weight is 440 g/mol. The molecule has 164 valence electrons. The Kier molecular flexibility index (Phi) is 7.48. The van der Waals surface area contributed by atoms with E-state index in [9.17, 15) is 13.2 Å². The molecule has 0 aromatic heterocycles. The van der Waals surface area contributed by atoms with E-state index in [1.54, 1.807) is 45.0 Å². The zero-order valence-electron chi connectivity index (χ0n) is 18.7. The lowest BCUT2D eigenvalue weighted by molar-refractivity contribution is -0.150. The Morgan fingerprint density at radius 3 is 2.00 bits per heavy atom. The van der Waals surface area contributed by atoms with Crippen molar-refractivity contribution in [3.05, 3.63) is 77.4 Å². The summed E-state index contributed by atoms with van der Waals surface area (Å²) in [6.45, 7) is 12.7. The third-order valence-corrected chi connectivity index (χ3v) is 6.37. The lowest BCUT2D eigenvalue weighted by Crippen LogP contribution is -2.38. The topological polar surface area (TPSA) is 63.7 Å². The fourth-order valence-corrected chi connectivity index (χ4v) is 4.52. The van der Waals surface area contributed by atoms with Gasteiger partial charge in [-0.3, -0.25) is 0 Å². The molecule has 0 bridgehead atoms. The molecular formula is C25H29NO4S. The summed E-state index contributed by atoms with van der Waals surface area (Å²) in [7, 11) is -4.04. The van der Waals surface area contributed by atoms with E-state index < -0.39 is 27.6 Å². The number of esters is 1. The zero-order valence-corrected chi connectivity index (χ0v) is 19.5. The van der Waals surface area contributed by atoms with E-state index in [1.165, 1.54) is 12.1 Å². The van der Waals surface area contributed by atoms with Gasteiger partial charge >= 0.3 is 5.97 Å². The van der Waals surface area contributed by atoms with Crippen molar-refractivity contribution in [3.63, 3.8) is 0 Å². The van der Waals surface area contributed by atoms with Crippen LogP contribution in [0.4, 0.5) is 0 Å². The molecule has 0 aliphatic heterocycles. The number of benzene rings is 2. The molecule has 0 spiro atoms. The molecule has 0 heterocycles. The van der Waals surface area contributed by atoms with Crippen LogP contribution in [0.15, 0.2) is 65.6 Å². The van der Waals surface area contributed by atoms with Crippen LogP contribution in [-0.4, -0.2) is 30.8 Å². The maximum atomic E-state index is 13.6. The van der Waals surface area contributed by atoms with E-state index in [0.717, 1.165) is 15.4 Å². The van der Waals surface area contributed by atoms with Crippen LogP contribution in [0.25, 0.3) is 0 Å². The minimum absolute atomic E-state index is 0.00952. The van der Waals surface area contributed by atoms with Crippen molar-refractivity contribution in [2.75, 3.05) is 6.54 Å². The fourth-order valence-electron chi connectivity index (χ4n) is 3.00. The highest BCUT2D eigenvalue weighted by Gasteiger charge is 2.37. The molecule has 31 heavy (non-hydrogen) atoms. The summed E-state index contributed by atoms with van der Waals surface area (Å²) in [5.74, 6) is 1.73. The summed E-state index contributed by atoms with van der Waals surface area (Å²) in [6.07, 6.45) is 5.54. The summed E-state index contributed by atoms with van der Waals surface area (Å²) in [5.41, 5.74) is 1.73. The Bertz CT molecular complexity index is 1090. The van der Waals surface area contributed by atoms with Crippen molar-refractivity contribution in [2.24, 2.45) is 0 Å². The molecule has 6 heteroatoms. The third kappa shape index (κ3) is 6.06. The smallest absolute Gasteiger partial charge is 0.335 e. The van der Waals surface area contributed by atoms with Crippen LogP contribution in [0, 0.1) is 26.2 Å². The van der Waals surface area contributed by atoms with Crippen molar-refractivity contribution in [1.29, 1.82) is 0 Å². The third-order valence-electron chi connectivity index (χ3n) is 4.55. The molecule has 2 rings (SSSR count). The van der Waals surface area contributed by atoms with E-state index in [2.05, 4.69) is 12.5 Å². The Hall–Kier alpha value is -2.88. The van der Waals surface area contributed by atoms with Gasteiger partial charge in [0.25, 0.3) is 0 Å². The Balaban J connectivity index is 2.64. The van der Waals surface area contributed by atoms with Crippen molar-refractivity contribution >= 4 is 16.0 Å². The Morgan fingerprint density at radius 2 is 1.55 bits per heavy atom. The van der Waals surface area contributed by atoms with Crippen molar-refractivity contribution < 1.29 is 17.9 Å². The molecule has 2 aromatic carbocycles. The number of carbonyl (C=O) groups is 1. The zero-order chi connectivity index (χ0) is 23.4. The van der Waals surface area contributed by atoms with Crippen LogP contribution in [0.2, 0.25) is 0 Å². The Labute approximate surface area is 185 Å². The molecule has 0 saturated carbocycles. The average Bonchev–Trinajstić information content (AvgIpc) is 2.67. The van der Waals surface area contributed by atoms with Gasteiger partial charge in [-0.05, 0) is 52.3 Å². The van der Waals surface area contributed by atoms with Crippen molar-refractivity contribution in [2.45, 2.75) is 51.2 Å². The highest BCUT2D eigenvalue weighted by molar-refractivity contribution is 7.89. The first-order valence-electron chi connectivity index (χ1n) is 9.87. The van der Waals surface area contributed by atoms with Gasteiger partial charge in [-0.25, -0.2) is 13.2 Å². The van der Waals surface area contributed by atoms with E-state index in [4.69, 9.17) is 11.2 Å². The summed E-state index contributed by atoms with van der Waals surface area (Å²) < 4.78 is 33.7. The van der Waals surface area contributed by atoms with Crippen LogP contribution in [0.1, 0.15) is 43.5 Å². The van der Waals surface area contributed by atoms with Gasteiger partial charge in [0.2, 0.25) is 10.0 Å². The highest BCUT2D eigenvalue weighted by atomic mass is 32.2. The standard InChI is InChI=1S/C25H29NO4S/c1-8-17-26(31(28,29)22-15-11-19(3)12-16-22)23(21-13-9-18(2)10-14-21)20(4)24(27)30-25(5,6)7/h1,9-16,23H,4,17H2,2-3,5-7H3. The van der Waals surface area contributed by atoms with Gasteiger partial charge in [0.05, 0.1) is 23.1 Å². The molecule has 5 nitrogen and oxygen atoms in total. The summed E-state index contributed by atoms with van der Waals surface area (Å²) in [5, 5.41) is 0. The number of hydrogen-bond acceptors (Lipinski definition) is 4. The Morgan fingerprint density at radius 1 is 1.06 bits per heavy atom. The van der Waals surface area contributed by atoms with Crippen LogP contribution in [0.5, 0.6) is 0 Å². The number of hydrogen-bond donors (Lipinski definition) is 0. The minimum Gasteiger partial charge on any atom is -0.457 e. The van der Waals surface area contributed by atoms with E-state index in [0.29, 0.717) is 5.56 Å². The predicted octanol–water partition coefficient (Wildman–Crippen LogP) is 4.57. The molecule has 1 atom stereocenters. The van der Waals surface area contributed by atoms with Gasteiger partial charge in [0, 0.05) is 0 Å². The van der Waals surface area contributed by atoms with Gasteiger partial charge < -0.3 is 4.74 Å². The highest BCUT2D eigenvalue weighted by Crippen LogP contribution is 2.34.